The van der Waals surface area contributed by atoms with Crippen LogP contribution in [-0.2, 0) is 4.79 Å². The summed E-state index contributed by atoms with van der Waals surface area (Å²) in [6, 6.07) is 11.6. The van der Waals surface area contributed by atoms with E-state index in [0.717, 1.165) is 12.8 Å². The molecule has 1 aliphatic carbocycles. The van der Waals surface area contributed by atoms with Gasteiger partial charge < -0.3 is 10.5 Å². The number of hydrogen-bond acceptors (Lipinski definition) is 4. The molecule has 8 heteroatoms. The minimum absolute atomic E-state index is 0.0521. The molecule has 0 unspecified atom stereocenters. The number of aromatic nitrogens is 1. The molecule has 1 atom stereocenters. The third kappa shape index (κ3) is 5.09. The molecule has 0 aliphatic heterocycles. The zero-order valence-electron chi connectivity index (χ0n) is 14.9. The first kappa shape index (κ1) is 19.9. The SMILES string of the molecule is NC(=O)[C@@H](CC(=O)c1ccc(C2CC2)c(OCC(F)(F)F)n1)c1ccccc1. The van der Waals surface area contributed by atoms with Crippen molar-refractivity contribution in [2.75, 3.05) is 6.61 Å². The number of benzene rings is 1. The van der Waals surface area contributed by atoms with E-state index in [1.54, 1.807) is 36.4 Å². The normalized spacial score (nSPS) is 15.1. The van der Waals surface area contributed by atoms with Crippen molar-refractivity contribution in [2.24, 2.45) is 5.73 Å². The molecule has 0 bridgehead atoms. The Balaban J connectivity index is 1.81. The molecule has 148 valence electrons. The van der Waals surface area contributed by atoms with Gasteiger partial charge >= 0.3 is 6.18 Å². The number of ketones is 1. The van der Waals surface area contributed by atoms with Crippen LogP contribution in [0.4, 0.5) is 13.2 Å². The first-order chi connectivity index (χ1) is 13.2. The Bertz CT molecular complexity index is 865. The van der Waals surface area contributed by atoms with Gasteiger partial charge in [-0.2, -0.15) is 13.2 Å². The van der Waals surface area contributed by atoms with Crippen LogP contribution in [0.3, 0.4) is 0 Å². The van der Waals surface area contributed by atoms with Crippen molar-refractivity contribution in [3.63, 3.8) is 0 Å². The van der Waals surface area contributed by atoms with Crippen molar-refractivity contribution < 1.29 is 27.5 Å². The molecule has 1 fully saturated rings. The Morgan fingerprint density at radius 2 is 1.82 bits per heavy atom. The number of amides is 1. The van der Waals surface area contributed by atoms with E-state index >= 15 is 0 Å². The summed E-state index contributed by atoms with van der Waals surface area (Å²) in [6.07, 6.45) is -3.05. The smallest absolute Gasteiger partial charge is 0.422 e. The molecule has 5 nitrogen and oxygen atoms in total. The lowest BCUT2D eigenvalue weighted by molar-refractivity contribution is -0.154. The zero-order chi connectivity index (χ0) is 20.3. The maximum absolute atomic E-state index is 12.6. The van der Waals surface area contributed by atoms with Crippen LogP contribution in [0.1, 0.15) is 52.7 Å². The average Bonchev–Trinajstić information content (AvgIpc) is 3.49. The number of halogens is 3. The van der Waals surface area contributed by atoms with Gasteiger partial charge in [0.15, 0.2) is 12.4 Å². The molecule has 1 amide bonds. The molecule has 28 heavy (non-hydrogen) atoms. The van der Waals surface area contributed by atoms with Crippen LogP contribution in [0.15, 0.2) is 42.5 Å². The van der Waals surface area contributed by atoms with Gasteiger partial charge in [0, 0.05) is 12.0 Å². The largest absolute Gasteiger partial charge is 0.468 e. The van der Waals surface area contributed by atoms with Crippen molar-refractivity contribution in [3.05, 3.63) is 59.3 Å². The number of Topliss-reactive ketones (excluding diaryl/α,β-unsaturated/α-hetero) is 1. The molecule has 2 aromatic rings. The van der Waals surface area contributed by atoms with Crippen LogP contribution >= 0.6 is 0 Å². The van der Waals surface area contributed by atoms with Gasteiger partial charge in [-0.05, 0) is 30.4 Å². The molecule has 0 saturated heterocycles. The molecular weight excluding hydrogens is 373 g/mol. The number of carbonyl (C=O) groups excluding carboxylic acids is 2. The second-order valence-electron chi connectivity index (χ2n) is 6.76. The van der Waals surface area contributed by atoms with Crippen molar-refractivity contribution >= 4 is 11.7 Å². The van der Waals surface area contributed by atoms with Crippen molar-refractivity contribution in [1.29, 1.82) is 0 Å². The molecule has 1 aromatic carbocycles. The van der Waals surface area contributed by atoms with E-state index in [9.17, 15) is 22.8 Å². The predicted octanol–water partition coefficient (Wildman–Crippen LogP) is 3.74. The lowest BCUT2D eigenvalue weighted by atomic mass is 9.92. The summed E-state index contributed by atoms with van der Waals surface area (Å²) in [5.41, 5.74) is 6.53. The fraction of sp³-hybridized carbons (Fsp3) is 0.350. The molecule has 1 aromatic heterocycles. The summed E-state index contributed by atoms with van der Waals surface area (Å²) >= 11 is 0. The second kappa shape index (κ2) is 8.00. The molecule has 1 aliphatic rings. The number of pyridine rings is 1. The van der Waals surface area contributed by atoms with Crippen molar-refractivity contribution in [1.82, 2.24) is 4.98 Å². The van der Waals surface area contributed by atoms with Gasteiger partial charge in [0.1, 0.15) is 5.69 Å². The molecule has 2 N–H and O–H groups in total. The Labute approximate surface area is 159 Å². The number of rotatable bonds is 8. The van der Waals surface area contributed by atoms with E-state index in [2.05, 4.69) is 4.98 Å². The fourth-order valence-electron chi connectivity index (χ4n) is 2.94. The van der Waals surface area contributed by atoms with Crippen molar-refractivity contribution in [2.45, 2.75) is 37.3 Å². The molecule has 0 radical (unpaired) electrons. The maximum atomic E-state index is 12.6. The van der Waals surface area contributed by atoms with Gasteiger partial charge in [0.05, 0.1) is 5.92 Å². The third-order valence-electron chi connectivity index (χ3n) is 4.50. The van der Waals surface area contributed by atoms with Crippen LogP contribution < -0.4 is 10.5 Å². The number of ether oxygens (including phenoxy) is 1. The fourth-order valence-corrected chi connectivity index (χ4v) is 2.94. The Kier molecular flexibility index (Phi) is 5.67. The number of nitrogens with zero attached hydrogens (tertiary/aromatic N) is 1. The van der Waals surface area contributed by atoms with Gasteiger partial charge in [-0.1, -0.05) is 36.4 Å². The van der Waals surface area contributed by atoms with Crippen molar-refractivity contribution in [3.8, 4) is 5.88 Å². The summed E-state index contributed by atoms with van der Waals surface area (Å²) in [5.74, 6) is -2.09. The number of hydrogen-bond donors (Lipinski definition) is 1. The minimum Gasteiger partial charge on any atom is -0.468 e. The van der Waals surface area contributed by atoms with Gasteiger partial charge in [-0.25, -0.2) is 4.98 Å². The quantitative estimate of drug-likeness (QED) is 0.694. The van der Waals surface area contributed by atoms with Crippen LogP contribution in [0, 0.1) is 0 Å². The highest BCUT2D eigenvalue weighted by Gasteiger charge is 2.33. The van der Waals surface area contributed by atoms with Crippen LogP contribution in [-0.4, -0.2) is 29.5 Å². The lowest BCUT2D eigenvalue weighted by Crippen LogP contribution is -2.24. The summed E-state index contributed by atoms with van der Waals surface area (Å²) < 4.78 is 42.4. The summed E-state index contributed by atoms with van der Waals surface area (Å²) in [6.45, 7) is -1.48. The number of alkyl halides is 3. The number of primary amides is 1. The van der Waals surface area contributed by atoms with E-state index in [-0.39, 0.29) is 23.9 Å². The van der Waals surface area contributed by atoms with Gasteiger partial charge in [0.2, 0.25) is 11.8 Å². The third-order valence-corrected chi connectivity index (χ3v) is 4.50. The average molecular weight is 392 g/mol. The standard InChI is InChI=1S/C20H19F3N2O3/c21-20(22,23)11-28-19-14(13-6-7-13)8-9-16(25-19)17(26)10-15(18(24)27)12-4-2-1-3-5-12/h1-5,8-9,13,15H,6-7,10-11H2,(H2,24,27)/t15-/m0/s1. The second-order valence-corrected chi connectivity index (χ2v) is 6.76. The van der Waals surface area contributed by atoms with Gasteiger partial charge in [-0.15, -0.1) is 0 Å². The number of carbonyl (C=O) groups is 2. The van der Waals surface area contributed by atoms with Crippen LogP contribution in [0.25, 0.3) is 0 Å². The first-order valence-electron chi connectivity index (χ1n) is 8.82. The molecule has 0 spiro atoms. The minimum atomic E-state index is -4.51. The highest BCUT2D eigenvalue weighted by molar-refractivity contribution is 5.98. The zero-order valence-corrected chi connectivity index (χ0v) is 14.9. The molecule has 1 saturated carbocycles. The first-order valence-corrected chi connectivity index (χ1v) is 8.82. The Morgan fingerprint density at radius 3 is 2.39 bits per heavy atom. The molecular formula is C20H19F3N2O3. The number of nitrogens with two attached hydrogens (primary N) is 1. The monoisotopic (exact) mass is 392 g/mol. The van der Waals surface area contributed by atoms with E-state index in [1.807, 2.05) is 0 Å². The highest BCUT2D eigenvalue weighted by atomic mass is 19.4. The highest BCUT2D eigenvalue weighted by Crippen LogP contribution is 2.44. The van der Waals surface area contributed by atoms with E-state index < -0.39 is 30.4 Å². The van der Waals surface area contributed by atoms with Crippen LogP contribution in [0.5, 0.6) is 5.88 Å². The van der Waals surface area contributed by atoms with E-state index in [1.165, 1.54) is 6.07 Å². The van der Waals surface area contributed by atoms with Crippen LogP contribution in [0.2, 0.25) is 0 Å². The topological polar surface area (TPSA) is 82.3 Å². The molecule has 1 heterocycles. The van der Waals surface area contributed by atoms with E-state index in [4.69, 9.17) is 10.5 Å². The molecule has 3 rings (SSSR count). The summed E-state index contributed by atoms with van der Waals surface area (Å²) in [7, 11) is 0. The van der Waals surface area contributed by atoms with E-state index in [0.29, 0.717) is 11.1 Å². The van der Waals surface area contributed by atoms with Gasteiger partial charge in [0.25, 0.3) is 0 Å². The lowest BCUT2D eigenvalue weighted by Gasteiger charge is -2.15. The Morgan fingerprint density at radius 1 is 1.14 bits per heavy atom. The van der Waals surface area contributed by atoms with Gasteiger partial charge in [-0.3, -0.25) is 9.59 Å². The summed E-state index contributed by atoms with van der Waals surface area (Å²) in [5, 5.41) is 0. The maximum Gasteiger partial charge on any atom is 0.422 e. The summed E-state index contributed by atoms with van der Waals surface area (Å²) in [4.78, 5) is 28.5. The predicted molar refractivity (Wildman–Crippen MR) is 95.1 cm³/mol. The Hall–Kier alpha value is -2.90.